The van der Waals surface area contributed by atoms with Crippen molar-refractivity contribution in [2.24, 2.45) is 0 Å². The van der Waals surface area contributed by atoms with Crippen molar-refractivity contribution in [3.05, 3.63) is 41.9 Å². The number of unbranched alkanes of at least 4 members (excludes halogenated alkanes) is 8. The van der Waals surface area contributed by atoms with E-state index in [0.29, 0.717) is 36.7 Å². The highest BCUT2D eigenvalue weighted by Gasteiger charge is 2.33. The molecule has 0 saturated carbocycles. The van der Waals surface area contributed by atoms with E-state index < -0.39 is 15.9 Å². The second kappa shape index (κ2) is 17.0. The molecule has 0 aliphatic carbocycles. The fourth-order valence-corrected chi connectivity index (χ4v) is 6.21. The summed E-state index contributed by atoms with van der Waals surface area (Å²) in [4.78, 5) is 4.74. The van der Waals surface area contributed by atoms with Crippen LogP contribution < -0.4 is 14.8 Å². The van der Waals surface area contributed by atoms with Crippen molar-refractivity contribution in [3.63, 3.8) is 0 Å². The molecule has 0 fully saturated rings. The van der Waals surface area contributed by atoms with Gasteiger partial charge in [0.2, 0.25) is 10.0 Å². The average Bonchev–Trinajstić information content (AvgIpc) is 3.57. The number of H-pyrrole nitrogens is 1. The lowest BCUT2D eigenvalue weighted by Crippen LogP contribution is -2.53. The van der Waals surface area contributed by atoms with Crippen molar-refractivity contribution < 1.29 is 17.9 Å². The lowest BCUT2D eigenvalue weighted by molar-refractivity contribution is -0.193. The van der Waals surface area contributed by atoms with E-state index in [-0.39, 0.29) is 11.7 Å². The van der Waals surface area contributed by atoms with Crippen LogP contribution in [0.2, 0.25) is 0 Å². The number of aromatic amines is 1. The smallest absolute Gasteiger partial charge is 0.270 e. The van der Waals surface area contributed by atoms with Crippen LogP contribution in [0.25, 0.3) is 5.65 Å². The maximum atomic E-state index is 12.3. The van der Waals surface area contributed by atoms with Crippen LogP contribution in [0, 0.1) is 0 Å². The van der Waals surface area contributed by atoms with Crippen LogP contribution in [-0.2, 0) is 14.8 Å². The number of anilines is 1. The first-order chi connectivity index (χ1) is 20.6. The van der Waals surface area contributed by atoms with Gasteiger partial charge in [-0.1, -0.05) is 86.0 Å². The number of rotatable bonds is 22. The highest BCUT2D eigenvalue weighted by Crippen LogP contribution is 2.26. The Balaban J connectivity index is 1.67. The van der Waals surface area contributed by atoms with E-state index >= 15 is 0 Å². The van der Waals surface area contributed by atoms with Gasteiger partial charge in [0.15, 0.2) is 11.5 Å². The third kappa shape index (κ3) is 11.1. The SMILES string of the molecule is CCCCCCCCCCC(NCC(C)c1nc2cc(C(C)C)[nH]n2n1)(OC)Oc1ccc(NS(=O)(=O)CCCC)cc1. The first kappa shape index (κ1) is 34.9. The summed E-state index contributed by atoms with van der Waals surface area (Å²) in [6.45, 7) is 11.1. The summed E-state index contributed by atoms with van der Waals surface area (Å²) < 4.78 is 41.5. The Morgan fingerprint density at radius 1 is 0.953 bits per heavy atom. The number of fused-ring (bicyclic) bond motifs is 1. The first-order valence-corrected chi connectivity index (χ1v) is 17.8. The van der Waals surface area contributed by atoms with Crippen molar-refractivity contribution in [2.75, 3.05) is 24.1 Å². The normalized spacial score (nSPS) is 14.3. The maximum absolute atomic E-state index is 12.3. The van der Waals surface area contributed by atoms with Crippen molar-refractivity contribution >= 4 is 21.4 Å². The van der Waals surface area contributed by atoms with Crippen LogP contribution in [-0.4, -0.2) is 53.5 Å². The molecule has 3 rings (SSSR count). The summed E-state index contributed by atoms with van der Waals surface area (Å²) in [5.41, 5.74) is 2.42. The second-order valence-corrected chi connectivity index (χ2v) is 13.8. The number of nitrogens with zero attached hydrogens (tertiary/aromatic N) is 3. The van der Waals surface area contributed by atoms with E-state index in [9.17, 15) is 8.42 Å². The Kier molecular flexibility index (Phi) is 13.8. The van der Waals surface area contributed by atoms with Gasteiger partial charge in [-0.15, -0.1) is 5.10 Å². The van der Waals surface area contributed by atoms with Gasteiger partial charge >= 0.3 is 0 Å². The Bertz CT molecular complexity index is 1290. The molecule has 0 aliphatic heterocycles. The van der Waals surface area contributed by atoms with Gasteiger partial charge in [-0.25, -0.2) is 13.4 Å². The maximum Gasteiger partial charge on any atom is 0.270 e. The zero-order valence-electron chi connectivity index (χ0n) is 27.1. The molecule has 0 bridgehead atoms. The molecule has 2 aromatic heterocycles. The molecular weight excluding hydrogens is 564 g/mol. The Labute approximate surface area is 258 Å². The van der Waals surface area contributed by atoms with Crippen LogP contribution in [0.15, 0.2) is 30.3 Å². The van der Waals surface area contributed by atoms with E-state index in [1.807, 2.05) is 13.0 Å². The number of benzene rings is 1. The third-order valence-electron chi connectivity index (χ3n) is 7.77. The number of hydrogen-bond acceptors (Lipinski definition) is 7. The fourth-order valence-electron chi connectivity index (χ4n) is 4.94. The van der Waals surface area contributed by atoms with Crippen LogP contribution in [0.3, 0.4) is 0 Å². The fraction of sp³-hybridized carbons (Fsp3) is 0.688. The highest BCUT2D eigenvalue weighted by atomic mass is 32.2. The molecule has 2 heterocycles. The zero-order valence-corrected chi connectivity index (χ0v) is 27.9. The molecule has 3 aromatic rings. The number of aromatic nitrogens is 4. The van der Waals surface area contributed by atoms with Gasteiger partial charge in [-0.05, 0) is 43.0 Å². The van der Waals surface area contributed by atoms with Crippen molar-refractivity contribution in [2.45, 2.75) is 123 Å². The minimum Gasteiger partial charge on any atom is -0.449 e. The summed E-state index contributed by atoms with van der Waals surface area (Å²) in [5, 5.41) is 11.5. The molecule has 242 valence electrons. The lowest BCUT2D eigenvalue weighted by atomic mass is 10.1. The quantitative estimate of drug-likeness (QED) is 0.0796. The Morgan fingerprint density at radius 3 is 2.21 bits per heavy atom. The zero-order chi connectivity index (χ0) is 31.3. The molecule has 3 N–H and O–H groups in total. The molecule has 2 unspecified atom stereocenters. The molecular formula is C32H54N6O4S. The third-order valence-corrected chi connectivity index (χ3v) is 9.15. The minimum atomic E-state index is -3.38. The molecule has 43 heavy (non-hydrogen) atoms. The predicted molar refractivity (Wildman–Crippen MR) is 174 cm³/mol. The topological polar surface area (TPSA) is 123 Å². The molecule has 0 aliphatic rings. The second-order valence-electron chi connectivity index (χ2n) is 12.0. The molecule has 10 nitrogen and oxygen atoms in total. The van der Waals surface area contributed by atoms with Crippen LogP contribution in [0.4, 0.5) is 5.69 Å². The van der Waals surface area contributed by atoms with E-state index in [4.69, 9.17) is 14.5 Å². The number of hydrogen-bond donors (Lipinski definition) is 3. The van der Waals surface area contributed by atoms with Gasteiger partial charge in [-0.2, -0.15) is 4.63 Å². The van der Waals surface area contributed by atoms with Gasteiger partial charge in [0.25, 0.3) is 5.91 Å². The summed E-state index contributed by atoms with van der Waals surface area (Å²) in [6.07, 6.45) is 11.7. The monoisotopic (exact) mass is 618 g/mol. The van der Waals surface area contributed by atoms with E-state index in [0.717, 1.165) is 36.4 Å². The summed E-state index contributed by atoms with van der Waals surface area (Å²) in [5.74, 6) is 0.766. The molecule has 11 heteroatoms. The van der Waals surface area contributed by atoms with Crippen molar-refractivity contribution in [1.29, 1.82) is 0 Å². The number of ether oxygens (including phenoxy) is 2. The average molecular weight is 619 g/mol. The summed E-state index contributed by atoms with van der Waals surface area (Å²) >= 11 is 0. The van der Waals surface area contributed by atoms with Gasteiger partial charge in [0.1, 0.15) is 5.75 Å². The molecule has 0 saturated heterocycles. The predicted octanol–water partition coefficient (Wildman–Crippen LogP) is 7.33. The molecule has 0 amide bonds. The van der Waals surface area contributed by atoms with Gasteiger partial charge in [0.05, 0.1) is 5.75 Å². The number of nitrogens with one attached hydrogen (secondary N) is 3. The molecule has 1 aromatic carbocycles. The highest BCUT2D eigenvalue weighted by molar-refractivity contribution is 7.92. The first-order valence-electron chi connectivity index (χ1n) is 16.2. The number of sulfonamides is 1. The summed E-state index contributed by atoms with van der Waals surface area (Å²) in [6, 6.07) is 9.03. The largest absolute Gasteiger partial charge is 0.449 e. The van der Waals surface area contributed by atoms with E-state index in [1.165, 1.54) is 38.5 Å². The van der Waals surface area contributed by atoms with E-state index in [2.05, 4.69) is 47.9 Å². The van der Waals surface area contributed by atoms with E-state index in [1.54, 1.807) is 36.0 Å². The number of methoxy groups -OCH3 is 1. The van der Waals surface area contributed by atoms with Gasteiger partial charge in [0, 0.05) is 43.4 Å². The van der Waals surface area contributed by atoms with Gasteiger partial charge < -0.3 is 9.47 Å². The molecule has 2 atom stereocenters. The van der Waals surface area contributed by atoms with Gasteiger partial charge in [-0.3, -0.25) is 15.1 Å². The van der Waals surface area contributed by atoms with Crippen LogP contribution in [0.5, 0.6) is 5.75 Å². The lowest BCUT2D eigenvalue weighted by Gasteiger charge is -2.34. The van der Waals surface area contributed by atoms with Crippen LogP contribution >= 0.6 is 0 Å². The van der Waals surface area contributed by atoms with Crippen molar-refractivity contribution in [1.82, 2.24) is 25.1 Å². The standard InChI is InChI=1S/C32H54N6O4S/c1-7-9-11-12-13-14-15-16-21-32(41-6,42-28-19-17-27(18-20-28)37-43(39,40)22-10-8-2)33-24-26(5)31-34-30-23-29(25(3)4)35-38(30)36-31/h17-20,23,25-26,33,35,37H,7-16,21-22,24H2,1-6H3. The minimum absolute atomic E-state index is 0.00685. The Hall–Kier alpha value is -2.63. The summed E-state index contributed by atoms with van der Waals surface area (Å²) in [7, 11) is -1.72. The van der Waals surface area contributed by atoms with Crippen molar-refractivity contribution in [3.8, 4) is 5.75 Å². The van der Waals surface area contributed by atoms with Crippen LogP contribution in [0.1, 0.15) is 129 Å². The Morgan fingerprint density at radius 2 is 1.60 bits per heavy atom. The molecule has 0 spiro atoms. The molecule has 0 radical (unpaired) electrons.